The number of morpholine rings is 1. The first-order valence-electron chi connectivity index (χ1n) is 9.54. The van der Waals surface area contributed by atoms with Crippen LogP contribution in [0.3, 0.4) is 0 Å². The van der Waals surface area contributed by atoms with Crippen LogP contribution >= 0.6 is 24.0 Å². The smallest absolute Gasteiger partial charge is 0.191 e. The lowest BCUT2D eigenvalue weighted by Gasteiger charge is -2.29. The van der Waals surface area contributed by atoms with E-state index >= 15 is 0 Å². The Morgan fingerprint density at radius 2 is 1.93 bits per heavy atom. The molecule has 1 aromatic rings. The Hall–Kier alpha value is -1.06. The van der Waals surface area contributed by atoms with E-state index < -0.39 is 0 Å². The Kier molecular flexibility index (Phi) is 11.7. The average molecular weight is 490 g/mol. The molecule has 1 aromatic carbocycles. The van der Waals surface area contributed by atoms with Crippen molar-refractivity contribution in [2.45, 2.75) is 26.9 Å². The van der Waals surface area contributed by atoms with Gasteiger partial charge in [0.2, 0.25) is 0 Å². The molecule has 0 amide bonds. The molecule has 0 radical (unpaired) electrons. The molecule has 0 bridgehead atoms. The van der Waals surface area contributed by atoms with Gasteiger partial charge in [-0.05, 0) is 37.5 Å². The zero-order valence-electron chi connectivity index (χ0n) is 17.0. The van der Waals surface area contributed by atoms with Gasteiger partial charge in [0.1, 0.15) is 11.9 Å². The molecule has 1 fully saturated rings. The Balaban J connectivity index is 0.00000364. The number of nitrogens with zero attached hydrogens (tertiary/aromatic N) is 2. The third kappa shape index (κ3) is 9.62. The number of ether oxygens (including phenoxy) is 2. The number of hydrogen-bond acceptors (Lipinski definition) is 4. The molecule has 2 N–H and O–H groups in total. The van der Waals surface area contributed by atoms with E-state index in [4.69, 9.17) is 9.47 Å². The van der Waals surface area contributed by atoms with Crippen LogP contribution in [-0.2, 0) is 4.74 Å². The molecule has 6 nitrogen and oxygen atoms in total. The van der Waals surface area contributed by atoms with Crippen LogP contribution in [0.15, 0.2) is 29.3 Å². The number of aliphatic imine (C=N–C) groups is 1. The lowest BCUT2D eigenvalue weighted by Crippen LogP contribution is -2.45. The van der Waals surface area contributed by atoms with Gasteiger partial charge in [-0.3, -0.25) is 9.89 Å². The summed E-state index contributed by atoms with van der Waals surface area (Å²) in [4.78, 5) is 6.77. The van der Waals surface area contributed by atoms with E-state index in [1.807, 2.05) is 12.1 Å². The number of halogens is 1. The molecule has 1 heterocycles. The fraction of sp³-hybridized carbons (Fsp3) is 0.650. The average Bonchev–Trinajstić information content (AvgIpc) is 2.62. The molecule has 0 aromatic heterocycles. The predicted molar refractivity (Wildman–Crippen MR) is 122 cm³/mol. The lowest BCUT2D eigenvalue weighted by atomic mass is 10.1. The molecule has 154 valence electrons. The fourth-order valence-electron chi connectivity index (χ4n) is 2.98. The summed E-state index contributed by atoms with van der Waals surface area (Å²) in [5, 5.41) is 6.76. The van der Waals surface area contributed by atoms with Crippen molar-refractivity contribution < 1.29 is 9.47 Å². The van der Waals surface area contributed by atoms with Gasteiger partial charge in [-0.25, -0.2) is 0 Å². The van der Waals surface area contributed by atoms with E-state index in [9.17, 15) is 0 Å². The monoisotopic (exact) mass is 490 g/mol. The summed E-state index contributed by atoms with van der Waals surface area (Å²) in [6.45, 7) is 12.8. The van der Waals surface area contributed by atoms with Gasteiger partial charge in [-0.15, -0.1) is 24.0 Å². The molecule has 2 unspecified atom stereocenters. The molecule has 2 atom stereocenters. The highest BCUT2D eigenvalue weighted by molar-refractivity contribution is 14.0. The Morgan fingerprint density at radius 1 is 1.22 bits per heavy atom. The van der Waals surface area contributed by atoms with Gasteiger partial charge in [0, 0.05) is 33.2 Å². The van der Waals surface area contributed by atoms with Crippen LogP contribution in [0.2, 0.25) is 0 Å². The molecule has 1 aliphatic rings. The van der Waals surface area contributed by atoms with Crippen LogP contribution in [0.4, 0.5) is 0 Å². The Labute approximate surface area is 181 Å². The first-order chi connectivity index (χ1) is 12.6. The summed E-state index contributed by atoms with van der Waals surface area (Å²) in [6.07, 6.45) is 0.0566. The molecule has 0 spiro atoms. The van der Waals surface area contributed by atoms with Crippen LogP contribution in [0.25, 0.3) is 0 Å². The van der Waals surface area contributed by atoms with Crippen molar-refractivity contribution in [2.75, 3.05) is 53.0 Å². The summed E-state index contributed by atoms with van der Waals surface area (Å²) in [6, 6.07) is 8.13. The molecule has 27 heavy (non-hydrogen) atoms. The minimum Gasteiger partial charge on any atom is -0.489 e. The molecule has 1 saturated heterocycles. The highest BCUT2D eigenvalue weighted by atomic mass is 127. The number of rotatable bonds is 8. The maximum absolute atomic E-state index is 5.95. The summed E-state index contributed by atoms with van der Waals surface area (Å²) in [5.74, 6) is 2.27. The van der Waals surface area contributed by atoms with Crippen molar-refractivity contribution >= 4 is 29.9 Å². The molecule has 0 aliphatic carbocycles. The van der Waals surface area contributed by atoms with E-state index in [2.05, 4.69) is 53.4 Å². The number of hydrogen-bond donors (Lipinski definition) is 2. The second-order valence-electron chi connectivity index (χ2n) is 7.10. The topological polar surface area (TPSA) is 58.1 Å². The van der Waals surface area contributed by atoms with Crippen LogP contribution in [0.5, 0.6) is 5.75 Å². The summed E-state index contributed by atoms with van der Waals surface area (Å²) >= 11 is 0. The molecular formula is C20H35IN4O2. The SMILES string of the molecule is CN=C(NCC(C)CN1CCOCC1)NCC(C)Oc1cccc(C)c1.I. The normalized spacial score (nSPS) is 17.6. The fourth-order valence-corrected chi connectivity index (χ4v) is 2.98. The van der Waals surface area contributed by atoms with Gasteiger partial charge in [0.25, 0.3) is 0 Å². The van der Waals surface area contributed by atoms with Gasteiger partial charge in [0.05, 0.1) is 19.8 Å². The standard InChI is InChI=1S/C20H34N4O2.HI/c1-16-6-5-7-19(12-16)26-18(3)14-23-20(21-4)22-13-17(2)15-24-8-10-25-11-9-24;/h5-7,12,17-18H,8-11,13-15H2,1-4H3,(H2,21,22,23);1H. The Morgan fingerprint density at radius 3 is 2.59 bits per heavy atom. The van der Waals surface area contributed by atoms with Gasteiger partial charge in [0.15, 0.2) is 5.96 Å². The molecule has 7 heteroatoms. The van der Waals surface area contributed by atoms with Crippen LogP contribution < -0.4 is 15.4 Å². The van der Waals surface area contributed by atoms with Crippen LogP contribution in [-0.4, -0.2) is 69.9 Å². The third-order valence-electron chi connectivity index (χ3n) is 4.40. The quantitative estimate of drug-likeness (QED) is 0.333. The molecule has 0 saturated carbocycles. The van der Waals surface area contributed by atoms with E-state index in [-0.39, 0.29) is 30.1 Å². The summed E-state index contributed by atoms with van der Waals surface area (Å²) < 4.78 is 11.4. The minimum absolute atomic E-state index is 0. The molecule has 2 rings (SSSR count). The second kappa shape index (κ2) is 13.2. The van der Waals surface area contributed by atoms with Gasteiger partial charge in [-0.2, -0.15) is 0 Å². The zero-order valence-corrected chi connectivity index (χ0v) is 19.4. The second-order valence-corrected chi connectivity index (χ2v) is 7.10. The summed E-state index contributed by atoms with van der Waals surface area (Å²) in [7, 11) is 1.80. The first-order valence-corrected chi connectivity index (χ1v) is 9.54. The third-order valence-corrected chi connectivity index (χ3v) is 4.40. The van der Waals surface area contributed by atoms with Crippen molar-refractivity contribution in [3.8, 4) is 5.75 Å². The minimum atomic E-state index is 0. The number of guanidine groups is 1. The maximum Gasteiger partial charge on any atom is 0.191 e. The van der Waals surface area contributed by atoms with Crippen molar-refractivity contribution in [1.29, 1.82) is 0 Å². The van der Waals surface area contributed by atoms with Crippen molar-refractivity contribution in [3.05, 3.63) is 29.8 Å². The van der Waals surface area contributed by atoms with Gasteiger partial charge in [-0.1, -0.05) is 19.1 Å². The van der Waals surface area contributed by atoms with E-state index in [1.54, 1.807) is 7.05 Å². The largest absolute Gasteiger partial charge is 0.489 e. The zero-order chi connectivity index (χ0) is 18.8. The molecular weight excluding hydrogens is 455 g/mol. The predicted octanol–water partition coefficient (Wildman–Crippen LogP) is 2.51. The highest BCUT2D eigenvalue weighted by Crippen LogP contribution is 2.13. The van der Waals surface area contributed by atoms with E-state index in [0.717, 1.165) is 51.1 Å². The van der Waals surface area contributed by atoms with Crippen molar-refractivity contribution in [2.24, 2.45) is 10.9 Å². The molecule has 1 aliphatic heterocycles. The summed E-state index contributed by atoms with van der Waals surface area (Å²) in [5.41, 5.74) is 1.20. The van der Waals surface area contributed by atoms with Crippen LogP contribution in [0, 0.1) is 12.8 Å². The van der Waals surface area contributed by atoms with Gasteiger partial charge >= 0.3 is 0 Å². The Bertz CT molecular complexity index is 565. The van der Waals surface area contributed by atoms with Crippen molar-refractivity contribution in [1.82, 2.24) is 15.5 Å². The number of benzene rings is 1. The van der Waals surface area contributed by atoms with E-state index in [1.165, 1.54) is 5.56 Å². The highest BCUT2D eigenvalue weighted by Gasteiger charge is 2.14. The van der Waals surface area contributed by atoms with Crippen LogP contribution in [0.1, 0.15) is 19.4 Å². The van der Waals surface area contributed by atoms with E-state index in [0.29, 0.717) is 12.5 Å². The van der Waals surface area contributed by atoms with Gasteiger partial charge < -0.3 is 20.1 Å². The first kappa shape index (κ1) is 24.0. The number of nitrogens with one attached hydrogen (secondary N) is 2. The van der Waals surface area contributed by atoms with Crippen molar-refractivity contribution in [3.63, 3.8) is 0 Å². The lowest BCUT2D eigenvalue weighted by molar-refractivity contribution is 0.0320. The maximum atomic E-state index is 5.95. The number of aryl methyl sites for hydroxylation is 1.